The van der Waals surface area contributed by atoms with Crippen LogP contribution in [0.2, 0.25) is 0 Å². The first-order chi connectivity index (χ1) is 13.6. The SMILES string of the molecule is O=C(O)CCCCCCCCC(=O)N(CC1CO1)c1ccccc1CC1CO1. The smallest absolute Gasteiger partial charge is 0.303 e. The fourth-order valence-corrected chi connectivity index (χ4v) is 3.48. The second kappa shape index (κ2) is 10.6. The van der Waals surface area contributed by atoms with Gasteiger partial charge >= 0.3 is 5.97 Å². The minimum atomic E-state index is -0.723. The van der Waals surface area contributed by atoms with Crippen LogP contribution in [0, 0.1) is 0 Å². The van der Waals surface area contributed by atoms with Gasteiger partial charge in [0, 0.05) is 24.9 Å². The Morgan fingerprint density at radius 1 is 0.929 bits per heavy atom. The summed E-state index contributed by atoms with van der Waals surface area (Å²) < 4.78 is 10.8. The first-order valence-corrected chi connectivity index (χ1v) is 10.5. The third-order valence-electron chi connectivity index (χ3n) is 5.25. The number of carboxylic acid groups (broad SMARTS) is 1. The zero-order valence-electron chi connectivity index (χ0n) is 16.5. The van der Waals surface area contributed by atoms with Gasteiger partial charge in [0.25, 0.3) is 0 Å². The molecule has 3 rings (SSSR count). The third kappa shape index (κ3) is 7.24. The van der Waals surface area contributed by atoms with Gasteiger partial charge in [-0.3, -0.25) is 9.59 Å². The lowest BCUT2D eigenvalue weighted by molar-refractivity contribution is -0.137. The summed E-state index contributed by atoms with van der Waals surface area (Å²) in [7, 11) is 0. The van der Waals surface area contributed by atoms with E-state index in [1.54, 1.807) is 0 Å². The number of carboxylic acids is 1. The number of hydrogen-bond acceptors (Lipinski definition) is 4. The van der Waals surface area contributed by atoms with Crippen LogP contribution >= 0.6 is 0 Å². The lowest BCUT2D eigenvalue weighted by Crippen LogP contribution is -2.35. The van der Waals surface area contributed by atoms with E-state index in [2.05, 4.69) is 6.07 Å². The third-order valence-corrected chi connectivity index (χ3v) is 5.25. The molecule has 154 valence electrons. The first kappa shape index (κ1) is 20.8. The van der Waals surface area contributed by atoms with E-state index in [9.17, 15) is 9.59 Å². The standard InChI is InChI=1S/C22H31NO5/c24-21(11-5-3-1-2-4-6-12-22(25)26)23(14-19-16-28-19)20-10-8-7-9-17(20)13-18-15-27-18/h7-10,18-19H,1-6,11-16H2,(H,25,26). The Bertz CT molecular complexity index is 654. The number of nitrogens with zero attached hydrogens (tertiary/aromatic N) is 1. The lowest BCUT2D eigenvalue weighted by Gasteiger charge is -2.25. The van der Waals surface area contributed by atoms with E-state index in [0.29, 0.717) is 13.0 Å². The van der Waals surface area contributed by atoms with Gasteiger partial charge in [0.2, 0.25) is 5.91 Å². The van der Waals surface area contributed by atoms with Crippen LogP contribution in [0.5, 0.6) is 0 Å². The van der Waals surface area contributed by atoms with E-state index >= 15 is 0 Å². The molecule has 0 bridgehead atoms. The lowest BCUT2D eigenvalue weighted by atomic mass is 10.0. The summed E-state index contributed by atoms with van der Waals surface area (Å²) in [6, 6.07) is 8.11. The number of anilines is 1. The van der Waals surface area contributed by atoms with Gasteiger partial charge in [-0.15, -0.1) is 0 Å². The van der Waals surface area contributed by atoms with Crippen LogP contribution < -0.4 is 4.90 Å². The molecule has 28 heavy (non-hydrogen) atoms. The molecule has 2 saturated heterocycles. The van der Waals surface area contributed by atoms with Crippen molar-refractivity contribution >= 4 is 17.6 Å². The average molecular weight is 389 g/mol. The maximum absolute atomic E-state index is 12.9. The summed E-state index contributed by atoms with van der Waals surface area (Å²) in [5, 5.41) is 8.64. The van der Waals surface area contributed by atoms with Crippen molar-refractivity contribution in [3.05, 3.63) is 29.8 Å². The maximum atomic E-state index is 12.9. The summed E-state index contributed by atoms with van der Waals surface area (Å²) in [6.07, 6.45) is 7.73. The molecule has 0 radical (unpaired) electrons. The number of epoxide rings is 2. The number of ether oxygens (including phenoxy) is 2. The van der Waals surface area contributed by atoms with Crippen LogP contribution in [0.1, 0.15) is 56.9 Å². The van der Waals surface area contributed by atoms with Crippen molar-refractivity contribution in [2.24, 2.45) is 0 Å². The Morgan fingerprint density at radius 3 is 2.18 bits per heavy atom. The van der Waals surface area contributed by atoms with Gasteiger partial charge < -0.3 is 19.5 Å². The van der Waals surface area contributed by atoms with Crippen LogP contribution in [0.4, 0.5) is 5.69 Å². The Hall–Kier alpha value is -1.92. The predicted octanol–water partition coefficient (Wildman–Crippen LogP) is 3.57. The molecule has 1 aromatic carbocycles. The summed E-state index contributed by atoms with van der Waals surface area (Å²) >= 11 is 0. The number of carbonyl (C=O) groups excluding carboxylic acids is 1. The molecule has 2 aliphatic heterocycles. The van der Waals surface area contributed by atoms with E-state index in [-0.39, 0.29) is 24.5 Å². The average Bonchev–Trinajstić information content (AvgIpc) is 3.58. The quantitative estimate of drug-likeness (QED) is 0.388. The Labute approximate surface area is 166 Å². The fourth-order valence-electron chi connectivity index (χ4n) is 3.48. The van der Waals surface area contributed by atoms with Gasteiger partial charge in [0.05, 0.1) is 32.0 Å². The highest BCUT2D eigenvalue weighted by Gasteiger charge is 2.31. The molecule has 6 heteroatoms. The molecule has 0 saturated carbocycles. The highest BCUT2D eigenvalue weighted by atomic mass is 16.6. The van der Waals surface area contributed by atoms with Crippen molar-refractivity contribution < 1.29 is 24.2 Å². The summed E-state index contributed by atoms with van der Waals surface area (Å²) in [4.78, 5) is 25.3. The van der Waals surface area contributed by atoms with E-state index in [4.69, 9.17) is 14.6 Å². The van der Waals surface area contributed by atoms with Crippen LogP contribution in [-0.4, -0.2) is 48.9 Å². The predicted molar refractivity (Wildman–Crippen MR) is 107 cm³/mol. The summed E-state index contributed by atoms with van der Waals surface area (Å²) in [5.74, 6) is -0.565. The van der Waals surface area contributed by atoms with Crippen LogP contribution in [0.3, 0.4) is 0 Å². The zero-order valence-corrected chi connectivity index (χ0v) is 16.5. The zero-order chi connectivity index (χ0) is 19.8. The molecule has 2 aliphatic rings. The normalized spacial score (nSPS) is 20.0. The highest BCUT2D eigenvalue weighted by Crippen LogP contribution is 2.28. The summed E-state index contributed by atoms with van der Waals surface area (Å²) in [5.41, 5.74) is 2.16. The Morgan fingerprint density at radius 2 is 1.54 bits per heavy atom. The topological polar surface area (TPSA) is 82.7 Å². The van der Waals surface area contributed by atoms with E-state index in [1.807, 2.05) is 23.1 Å². The number of amides is 1. The van der Waals surface area contributed by atoms with E-state index in [0.717, 1.165) is 69.4 Å². The molecule has 6 nitrogen and oxygen atoms in total. The second-order valence-electron chi connectivity index (χ2n) is 7.76. The molecule has 0 spiro atoms. The minimum Gasteiger partial charge on any atom is -0.481 e. The van der Waals surface area contributed by atoms with E-state index in [1.165, 1.54) is 0 Å². The van der Waals surface area contributed by atoms with Gasteiger partial charge in [0.1, 0.15) is 0 Å². The van der Waals surface area contributed by atoms with E-state index < -0.39 is 5.97 Å². The van der Waals surface area contributed by atoms with Gasteiger partial charge in [-0.05, 0) is 24.5 Å². The molecule has 2 atom stereocenters. The molecule has 2 heterocycles. The van der Waals surface area contributed by atoms with Crippen LogP contribution in [0.25, 0.3) is 0 Å². The van der Waals surface area contributed by atoms with Crippen molar-refractivity contribution in [2.75, 3.05) is 24.7 Å². The molecule has 2 fully saturated rings. The number of unbranched alkanes of at least 4 members (excludes halogenated alkanes) is 5. The highest BCUT2D eigenvalue weighted by molar-refractivity contribution is 5.94. The molecule has 0 aliphatic carbocycles. The maximum Gasteiger partial charge on any atom is 0.303 e. The number of aliphatic carboxylic acids is 1. The van der Waals surface area contributed by atoms with Crippen molar-refractivity contribution in [2.45, 2.75) is 70.0 Å². The van der Waals surface area contributed by atoms with Gasteiger partial charge in [-0.2, -0.15) is 0 Å². The molecule has 0 aromatic heterocycles. The monoisotopic (exact) mass is 389 g/mol. The minimum absolute atomic E-state index is 0.156. The molecule has 1 N–H and O–H groups in total. The molecular formula is C22H31NO5. The Kier molecular flexibility index (Phi) is 7.86. The van der Waals surface area contributed by atoms with Gasteiger partial charge in [-0.25, -0.2) is 0 Å². The van der Waals surface area contributed by atoms with Crippen molar-refractivity contribution in [3.8, 4) is 0 Å². The van der Waals surface area contributed by atoms with Gasteiger partial charge in [-0.1, -0.05) is 43.9 Å². The molecular weight excluding hydrogens is 358 g/mol. The van der Waals surface area contributed by atoms with Crippen LogP contribution in [0.15, 0.2) is 24.3 Å². The number of hydrogen-bond donors (Lipinski definition) is 1. The molecule has 1 aromatic rings. The number of para-hydroxylation sites is 1. The fraction of sp³-hybridized carbons (Fsp3) is 0.636. The summed E-state index contributed by atoms with van der Waals surface area (Å²) in [6.45, 7) is 2.16. The number of benzene rings is 1. The first-order valence-electron chi connectivity index (χ1n) is 10.5. The molecule has 2 unspecified atom stereocenters. The van der Waals surface area contributed by atoms with Crippen molar-refractivity contribution in [1.82, 2.24) is 0 Å². The second-order valence-corrected chi connectivity index (χ2v) is 7.76. The number of rotatable bonds is 14. The number of carbonyl (C=O) groups is 2. The largest absolute Gasteiger partial charge is 0.481 e. The molecule has 1 amide bonds. The Balaban J connectivity index is 1.45. The van der Waals surface area contributed by atoms with Gasteiger partial charge in [0.15, 0.2) is 0 Å². The van der Waals surface area contributed by atoms with Crippen LogP contribution in [-0.2, 0) is 25.5 Å². The van der Waals surface area contributed by atoms with Crippen molar-refractivity contribution in [3.63, 3.8) is 0 Å². The van der Waals surface area contributed by atoms with Crippen molar-refractivity contribution in [1.29, 1.82) is 0 Å².